The van der Waals surface area contributed by atoms with Crippen LogP contribution >= 0.6 is 10.5 Å². The third-order valence-electron chi connectivity index (χ3n) is 0. The summed E-state index contributed by atoms with van der Waals surface area (Å²) in [5, 5.41) is 0. The van der Waals surface area contributed by atoms with Crippen LogP contribution in [0.5, 0.6) is 0 Å². The molecule has 4 heteroatoms. The van der Waals surface area contributed by atoms with Crippen molar-refractivity contribution < 1.29 is 3.80 Å². The Kier molecular flexibility index (Phi) is 73.6. The summed E-state index contributed by atoms with van der Waals surface area (Å²) in [5.74, 6) is 0. The van der Waals surface area contributed by atoms with Gasteiger partial charge in [0.2, 0.25) is 0 Å². The summed E-state index contributed by atoms with van der Waals surface area (Å²) >= 11 is 2.06. The van der Waals surface area contributed by atoms with E-state index in [-0.39, 0.29) is 0 Å². The molecule has 0 rings (SSSR count). The Hall–Kier alpha value is 1.08. The van der Waals surface area contributed by atoms with Crippen LogP contribution in [0.3, 0.4) is 0 Å². The molecule has 0 saturated heterocycles. The molecule has 0 radical (unpaired) electrons. The zero-order chi connectivity index (χ0) is 4.00. The van der Waals surface area contributed by atoms with Crippen LogP contribution < -0.4 is 0 Å². The first-order valence-electron chi connectivity index (χ1n) is 0.577. The molecule has 0 aliphatic carbocycles. The Morgan fingerprint density at radius 2 is 1.25 bits per heavy atom. The molecule has 0 spiro atoms. The van der Waals surface area contributed by atoms with Gasteiger partial charge in [0.05, 0.1) is 0 Å². The van der Waals surface area contributed by atoms with Gasteiger partial charge in [-0.15, -0.1) is 0 Å². The van der Waals surface area contributed by atoms with Crippen molar-refractivity contribution in [3.8, 4) is 0 Å². The van der Waals surface area contributed by atoms with E-state index >= 15 is 0 Å². The van der Waals surface area contributed by atoms with Gasteiger partial charge in [-0.25, -0.2) is 0 Å². The van der Waals surface area contributed by atoms with Gasteiger partial charge in [-0.3, -0.25) is 0 Å². The standard InChI is InChI=1S/2Al.O.S.2H. The topological polar surface area (TPSA) is 17.1 Å². The molecule has 0 aromatic heterocycles. The van der Waals surface area contributed by atoms with Crippen LogP contribution in [0, 0.1) is 0 Å². The molecule has 0 amide bonds. The predicted octanol–water partition coefficient (Wildman–Crippen LogP) is -0.768. The van der Waals surface area contributed by atoms with E-state index in [4.69, 9.17) is 3.80 Å². The van der Waals surface area contributed by atoms with Gasteiger partial charge < -0.3 is 0 Å². The monoisotopic (exact) mass is 104 g/mol. The Balaban J connectivity index is 0. The van der Waals surface area contributed by atoms with E-state index in [0.29, 0.717) is 16.2 Å². The molecule has 0 atom stereocenters. The third kappa shape index (κ3) is 11.4. The summed E-state index contributed by atoms with van der Waals surface area (Å²) in [7, 11) is 4.11. The first-order valence-corrected chi connectivity index (χ1v) is 3.46. The van der Waals surface area contributed by atoms with Crippen LogP contribution in [-0.4, -0.2) is 30.9 Å². The average molecular weight is 104 g/mol. The molecule has 0 fully saturated rings. The van der Waals surface area contributed by atoms with Crippen molar-refractivity contribution in [1.82, 2.24) is 0 Å². The minimum atomic E-state index is 0.611. The SMILES string of the molecule is [AlH]=[S].[O]=[AlH]. The van der Waals surface area contributed by atoms with Crippen LogP contribution in [0.15, 0.2) is 0 Å². The molecule has 0 aliphatic heterocycles. The van der Waals surface area contributed by atoms with Crippen molar-refractivity contribution in [3.63, 3.8) is 0 Å². The van der Waals surface area contributed by atoms with Gasteiger partial charge in [-0.2, -0.15) is 0 Å². The van der Waals surface area contributed by atoms with E-state index in [1.807, 2.05) is 0 Å². The van der Waals surface area contributed by atoms with Crippen molar-refractivity contribution in [2.45, 2.75) is 0 Å². The molecule has 0 aromatic carbocycles. The normalized spacial score (nSPS) is 1.50. The van der Waals surface area contributed by atoms with E-state index in [1.54, 1.807) is 0 Å². The second kappa shape index (κ2) is 33.0. The molecule has 0 aromatic rings. The quantitative estimate of drug-likeness (QED) is 0.375. The molecule has 0 saturated carbocycles. The van der Waals surface area contributed by atoms with E-state index in [9.17, 15) is 0 Å². The third-order valence-corrected chi connectivity index (χ3v) is 0. The van der Waals surface area contributed by atoms with Crippen molar-refractivity contribution in [2.24, 2.45) is 0 Å². The van der Waals surface area contributed by atoms with Crippen molar-refractivity contribution in [2.75, 3.05) is 0 Å². The second-order valence-electron chi connectivity index (χ2n) is 0. The van der Waals surface area contributed by atoms with E-state index in [0.717, 1.165) is 0 Å². The first-order chi connectivity index (χ1) is 2.00. The molecule has 0 N–H and O–H groups in total. The number of hydrogen-bond acceptors (Lipinski definition) is 2. The zero-order valence-electron chi connectivity index (χ0n) is 2.23. The Morgan fingerprint density at radius 1 is 1.25 bits per heavy atom. The molecule has 4 heavy (non-hydrogen) atoms. The molecule has 0 aliphatic rings. The van der Waals surface area contributed by atoms with Crippen LogP contribution in [0.1, 0.15) is 0 Å². The molecule has 0 unspecified atom stereocenters. The molecule has 0 heterocycles. The number of rotatable bonds is 0. The summed E-state index contributed by atoms with van der Waals surface area (Å²) in [6.45, 7) is 0. The van der Waals surface area contributed by atoms with Gasteiger partial charge >= 0.3 is 45.2 Å². The zero-order valence-corrected chi connectivity index (χ0v) is 5.88. The Bertz CT molecular complexity index is 8.00. The van der Waals surface area contributed by atoms with Crippen LogP contribution in [0.25, 0.3) is 0 Å². The fourth-order valence-electron chi connectivity index (χ4n) is 0. The van der Waals surface area contributed by atoms with Crippen molar-refractivity contribution >= 4 is 41.4 Å². The van der Waals surface area contributed by atoms with Crippen LogP contribution in [0.2, 0.25) is 0 Å². The van der Waals surface area contributed by atoms with Crippen molar-refractivity contribution in [1.29, 1.82) is 0 Å². The maximum absolute atomic E-state index is 8.28. The van der Waals surface area contributed by atoms with E-state index < -0.39 is 0 Å². The predicted molar refractivity (Wildman–Crippen MR) is 22.6 cm³/mol. The average Bonchev–Trinajstić information content (AvgIpc) is 1.50. The van der Waals surface area contributed by atoms with E-state index in [1.165, 1.54) is 14.6 Å². The van der Waals surface area contributed by atoms with Crippen molar-refractivity contribution in [3.05, 3.63) is 0 Å². The first kappa shape index (κ1) is 8.92. The van der Waals surface area contributed by atoms with Gasteiger partial charge in [0.1, 0.15) is 0 Å². The van der Waals surface area contributed by atoms with Gasteiger partial charge in [0, 0.05) is 0 Å². The minimum absolute atomic E-state index is 0.611. The molecular weight excluding hydrogens is 102 g/mol. The summed E-state index contributed by atoms with van der Waals surface area (Å²) < 4.78 is 8.28. The van der Waals surface area contributed by atoms with Gasteiger partial charge in [0.15, 0.2) is 0 Å². The fraction of sp³-hybridized carbons (Fsp3) is 0. The van der Waals surface area contributed by atoms with Crippen LogP contribution in [0.4, 0.5) is 0 Å². The molecule has 20 valence electrons. The molecular formula is H2Al2OS. The van der Waals surface area contributed by atoms with Gasteiger partial charge in [-0.05, 0) is 0 Å². The van der Waals surface area contributed by atoms with Crippen LogP contribution in [-0.2, 0) is 3.80 Å². The Morgan fingerprint density at radius 3 is 1.25 bits per heavy atom. The summed E-state index contributed by atoms with van der Waals surface area (Å²) in [4.78, 5) is 0. The fourth-order valence-corrected chi connectivity index (χ4v) is 0. The summed E-state index contributed by atoms with van der Waals surface area (Å²) in [6, 6.07) is 0. The van der Waals surface area contributed by atoms with Gasteiger partial charge in [-0.1, -0.05) is 0 Å². The number of hydrogen-bond donors (Lipinski definition) is 0. The Labute approximate surface area is 45.3 Å². The summed E-state index contributed by atoms with van der Waals surface area (Å²) in [6.07, 6.45) is 0. The maximum atomic E-state index is 8.28. The molecule has 1 nitrogen and oxygen atoms in total. The van der Waals surface area contributed by atoms with Gasteiger partial charge in [0.25, 0.3) is 0 Å². The second-order valence-corrected chi connectivity index (χ2v) is 0. The summed E-state index contributed by atoms with van der Waals surface area (Å²) in [5.41, 5.74) is 0. The van der Waals surface area contributed by atoms with E-state index in [2.05, 4.69) is 10.5 Å². The molecule has 0 bridgehead atoms.